The van der Waals surface area contributed by atoms with Crippen molar-refractivity contribution in [2.45, 2.75) is 38.8 Å². The summed E-state index contributed by atoms with van der Waals surface area (Å²) < 4.78 is 0. The highest BCUT2D eigenvalue weighted by molar-refractivity contribution is 6.32. The number of likely N-dealkylation sites (tertiary alicyclic amines) is 1. The highest BCUT2D eigenvalue weighted by atomic mass is 35.5. The number of benzene rings is 2. The van der Waals surface area contributed by atoms with Crippen molar-refractivity contribution in [2.24, 2.45) is 0 Å². The van der Waals surface area contributed by atoms with E-state index >= 15 is 0 Å². The first-order valence-electron chi connectivity index (χ1n) is 10.7. The fourth-order valence-corrected chi connectivity index (χ4v) is 4.96. The van der Waals surface area contributed by atoms with Crippen LogP contribution in [0.25, 0.3) is 10.9 Å². The monoisotopic (exact) mass is 433 g/mol. The minimum atomic E-state index is -0.219. The second-order valence-electron chi connectivity index (χ2n) is 8.71. The number of nitrogens with zero attached hydrogens (tertiary/aromatic N) is 3. The van der Waals surface area contributed by atoms with Crippen molar-refractivity contribution in [1.29, 1.82) is 0 Å². The quantitative estimate of drug-likeness (QED) is 0.550. The smallest absolute Gasteiger partial charge is 0.263 e. The van der Waals surface area contributed by atoms with Gasteiger partial charge in [0.1, 0.15) is 0 Å². The van der Waals surface area contributed by atoms with E-state index in [0.717, 1.165) is 19.5 Å². The Kier molecular flexibility index (Phi) is 5.03. The molecule has 0 radical (unpaired) electrons. The van der Waals surface area contributed by atoms with Crippen LogP contribution in [0.2, 0.25) is 5.02 Å². The number of imide groups is 1. The number of amides is 2. The van der Waals surface area contributed by atoms with Gasteiger partial charge in [0, 0.05) is 30.0 Å². The molecule has 0 bridgehead atoms. The van der Waals surface area contributed by atoms with Crippen LogP contribution in [0.1, 0.15) is 58.2 Å². The molecule has 31 heavy (non-hydrogen) atoms. The minimum absolute atomic E-state index is 0.0312. The lowest BCUT2D eigenvalue weighted by Gasteiger charge is -2.23. The van der Waals surface area contributed by atoms with Gasteiger partial charge in [-0.3, -0.25) is 24.4 Å². The standard InChI is InChI=1S/C25H24ClN3O2/c1-15(2)23-22-21(19-12-17(26)8-9-20(19)27-23)24(30)29(25(22)31)18-10-11-28(14-18)13-16-6-4-3-5-7-16/h3-9,12,15,18H,10-11,13-14H2,1-2H3. The third-order valence-electron chi connectivity index (χ3n) is 6.25. The van der Waals surface area contributed by atoms with E-state index in [1.54, 1.807) is 12.1 Å². The zero-order chi connectivity index (χ0) is 21.7. The van der Waals surface area contributed by atoms with Gasteiger partial charge in [-0.2, -0.15) is 0 Å². The van der Waals surface area contributed by atoms with E-state index in [1.165, 1.54) is 10.5 Å². The number of carbonyl (C=O) groups excluding carboxylic acids is 2. The number of fused-ring (bicyclic) bond motifs is 3. The van der Waals surface area contributed by atoms with E-state index < -0.39 is 0 Å². The maximum Gasteiger partial charge on any atom is 0.263 e. The predicted molar refractivity (Wildman–Crippen MR) is 121 cm³/mol. The van der Waals surface area contributed by atoms with E-state index in [1.807, 2.05) is 38.1 Å². The molecule has 1 saturated heterocycles. The summed E-state index contributed by atoms with van der Waals surface area (Å²) in [5, 5.41) is 1.19. The topological polar surface area (TPSA) is 53.5 Å². The molecule has 5 rings (SSSR count). The van der Waals surface area contributed by atoms with Crippen molar-refractivity contribution in [3.05, 3.63) is 75.9 Å². The molecule has 1 fully saturated rings. The van der Waals surface area contributed by atoms with Crippen molar-refractivity contribution in [3.63, 3.8) is 0 Å². The molecule has 6 heteroatoms. The number of carbonyl (C=O) groups is 2. The SMILES string of the molecule is CC(C)c1nc2ccc(Cl)cc2c2c1C(=O)N(C1CCN(Cc3ccccc3)C1)C2=O. The second kappa shape index (κ2) is 7.74. The largest absolute Gasteiger partial charge is 0.297 e. The van der Waals surface area contributed by atoms with Gasteiger partial charge in [-0.05, 0) is 36.1 Å². The first-order chi connectivity index (χ1) is 14.9. The Hall–Kier alpha value is -2.76. The number of hydrogen-bond acceptors (Lipinski definition) is 4. The number of hydrogen-bond donors (Lipinski definition) is 0. The molecule has 1 atom stereocenters. The Balaban J connectivity index is 1.50. The summed E-state index contributed by atoms with van der Waals surface area (Å²) in [7, 11) is 0. The van der Waals surface area contributed by atoms with E-state index in [9.17, 15) is 9.59 Å². The minimum Gasteiger partial charge on any atom is -0.297 e. The molecule has 0 spiro atoms. The molecule has 0 aliphatic carbocycles. The van der Waals surface area contributed by atoms with Gasteiger partial charge in [-0.15, -0.1) is 0 Å². The molecule has 1 unspecified atom stereocenters. The molecule has 0 N–H and O–H groups in total. The molecule has 2 amide bonds. The summed E-state index contributed by atoms with van der Waals surface area (Å²) in [5.74, 6) is -0.406. The van der Waals surface area contributed by atoms with Gasteiger partial charge in [0.05, 0.1) is 28.4 Å². The second-order valence-corrected chi connectivity index (χ2v) is 9.14. The Morgan fingerprint density at radius 3 is 2.55 bits per heavy atom. The van der Waals surface area contributed by atoms with E-state index in [-0.39, 0.29) is 23.8 Å². The predicted octanol–water partition coefficient (Wildman–Crippen LogP) is 4.88. The molecule has 3 aromatic rings. The van der Waals surface area contributed by atoms with Gasteiger partial charge in [0.2, 0.25) is 0 Å². The maximum absolute atomic E-state index is 13.6. The first-order valence-corrected chi connectivity index (χ1v) is 11.1. The fraction of sp³-hybridized carbons (Fsp3) is 0.320. The highest BCUT2D eigenvalue weighted by Gasteiger charge is 2.45. The molecule has 158 valence electrons. The molecular formula is C25H24ClN3O2. The van der Waals surface area contributed by atoms with Gasteiger partial charge < -0.3 is 0 Å². The van der Waals surface area contributed by atoms with Crippen molar-refractivity contribution in [1.82, 2.24) is 14.8 Å². The zero-order valence-corrected chi connectivity index (χ0v) is 18.4. The number of pyridine rings is 1. The molecule has 5 nitrogen and oxygen atoms in total. The third kappa shape index (κ3) is 3.42. The van der Waals surface area contributed by atoms with Crippen LogP contribution in [-0.4, -0.2) is 45.7 Å². The molecule has 2 aliphatic heterocycles. The lowest BCUT2D eigenvalue weighted by atomic mass is 9.97. The van der Waals surface area contributed by atoms with Crippen LogP contribution in [0.3, 0.4) is 0 Å². The maximum atomic E-state index is 13.6. The van der Waals surface area contributed by atoms with Gasteiger partial charge >= 0.3 is 0 Å². The van der Waals surface area contributed by atoms with Crippen LogP contribution in [0, 0.1) is 0 Å². The molecule has 2 aromatic carbocycles. The highest BCUT2D eigenvalue weighted by Crippen LogP contribution is 2.37. The lowest BCUT2D eigenvalue weighted by molar-refractivity contribution is 0.0588. The van der Waals surface area contributed by atoms with Crippen LogP contribution >= 0.6 is 11.6 Å². The van der Waals surface area contributed by atoms with E-state index in [2.05, 4.69) is 17.0 Å². The number of aromatic nitrogens is 1. The summed E-state index contributed by atoms with van der Waals surface area (Å²) in [6.45, 7) is 6.36. The average Bonchev–Trinajstić information content (AvgIpc) is 3.30. The van der Waals surface area contributed by atoms with Crippen LogP contribution in [-0.2, 0) is 6.54 Å². The van der Waals surface area contributed by atoms with Crippen molar-refractivity contribution in [3.8, 4) is 0 Å². The fourth-order valence-electron chi connectivity index (χ4n) is 4.78. The lowest BCUT2D eigenvalue weighted by Crippen LogP contribution is -2.41. The summed E-state index contributed by atoms with van der Waals surface area (Å²) >= 11 is 6.22. The average molecular weight is 434 g/mol. The van der Waals surface area contributed by atoms with Gasteiger partial charge in [0.15, 0.2) is 0 Å². The Morgan fingerprint density at radius 1 is 1.06 bits per heavy atom. The molecule has 3 heterocycles. The Bertz CT molecular complexity index is 1190. The molecule has 2 aliphatic rings. The molecule has 1 aromatic heterocycles. The van der Waals surface area contributed by atoms with Crippen molar-refractivity contribution in [2.75, 3.05) is 13.1 Å². The third-order valence-corrected chi connectivity index (χ3v) is 6.48. The van der Waals surface area contributed by atoms with Crippen molar-refractivity contribution >= 4 is 34.3 Å². The van der Waals surface area contributed by atoms with Crippen molar-refractivity contribution < 1.29 is 9.59 Å². The summed E-state index contributed by atoms with van der Waals surface area (Å²) in [6.07, 6.45) is 0.779. The number of halogens is 1. The normalized spacial score (nSPS) is 19.1. The van der Waals surface area contributed by atoms with Crippen LogP contribution < -0.4 is 0 Å². The van der Waals surface area contributed by atoms with Gasteiger partial charge in [-0.1, -0.05) is 55.8 Å². The van der Waals surface area contributed by atoms with Crippen LogP contribution in [0.5, 0.6) is 0 Å². The first kappa shape index (κ1) is 20.2. The Labute approximate surface area is 186 Å². The van der Waals surface area contributed by atoms with Gasteiger partial charge in [-0.25, -0.2) is 0 Å². The molecule has 0 saturated carbocycles. The molecular weight excluding hydrogens is 410 g/mol. The zero-order valence-electron chi connectivity index (χ0n) is 17.6. The van der Waals surface area contributed by atoms with E-state index in [4.69, 9.17) is 16.6 Å². The van der Waals surface area contributed by atoms with Crippen LogP contribution in [0.4, 0.5) is 0 Å². The summed E-state index contributed by atoms with van der Waals surface area (Å²) in [6, 6.07) is 15.5. The Morgan fingerprint density at radius 2 is 1.81 bits per heavy atom. The van der Waals surface area contributed by atoms with E-state index in [0.29, 0.717) is 39.3 Å². The summed E-state index contributed by atoms with van der Waals surface area (Å²) in [5.41, 5.74) is 3.54. The van der Waals surface area contributed by atoms with Crippen LogP contribution in [0.15, 0.2) is 48.5 Å². The number of rotatable bonds is 4. The summed E-state index contributed by atoms with van der Waals surface area (Å²) in [4.78, 5) is 35.6. The van der Waals surface area contributed by atoms with Gasteiger partial charge in [0.25, 0.3) is 11.8 Å².